The van der Waals surface area contributed by atoms with Gasteiger partial charge >= 0.3 is 0 Å². The van der Waals surface area contributed by atoms with Gasteiger partial charge in [-0.3, -0.25) is 0 Å². The van der Waals surface area contributed by atoms with E-state index in [-0.39, 0.29) is 4.90 Å². The van der Waals surface area contributed by atoms with Gasteiger partial charge in [0.15, 0.2) is 0 Å². The zero-order valence-electron chi connectivity index (χ0n) is 12.2. The van der Waals surface area contributed by atoms with Crippen molar-refractivity contribution in [2.24, 2.45) is 11.7 Å². The molecule has 0 heterocycles. The summed E-state index contributed by atoms with van der Waals surface area (Å²) in [5.74, 6) is 0.578. The highest BCUT2D eigenvalue weighted by atomic mass is 79.9. The Kier molecular flexibility index (Phi) is 6.64. The van der Waals surface area contributed by atoms with Crippen LogP contribution in [0.4, 0.5) is 0 Å². The summed E-state index contributed by atoms with van der Waals surface area (Å²) in [6, 6.07) is 3.52. The van der Waals surface area contributed by atoms with Gasteiger partial charge in [-0.25, -0.2) is 13.1 Å². The van der Waals surface area contributed by atoms with Crippen LogP contribution in [0.5, 0.6) is 0 Å². The molecule has 114 valence electrons. The highest BCUT2D eigenvalue weighted by molar-refractivity contribution is 9.10. The van der Waals surface area contributed by atoms with Crippen molar-refractivity contribution in [1.82, 2.24) is 4.72 Å². The molecule has 0 spiro atoms. The van der Waals surface area contributed by atoms with E-state index in [1.54, 1.807) is 6.07 Å². The van der Waals surface area contributed by atoms with Gasteiger partial charge in [0, 0.05) is 17.6 Å². The van der Waals surface area contributed by atoms with Crippen LogP contribution in [0.1, 0.15) is 37.8 Å². The van der Waals surface area contributed by atoms with Crippen molar-refractivity contribution in [3.63, 3.8) is 0 Å². The predicted octanol–water partition coefficient (Wildman–Crippen LogP) is 2.93. The average Bonchev–Trinajstić information content (AvgIpc) is 2.37. The summed E-state index contributed by atoms with van der Waals surface area (Å²) in [5, 5.41) is 0. The minimum atomic E-state index is -3.50. The summed E-state index contributed by atoms with van der Waals surface area (Å²) in [7, 11) is -3.50. The van der Waals surface area contributed by atoms with Gasteiger partial charge in [-0.2, -0.15) is 0 Å². The first-order chi connectivity index (χ1) is 9.27. The smallest absolute Gasteiger partial charge is 0.241 e. The second-order valence-corrected chi connectivity index (χ2v) is 7.89. The quantitative estimate of drug-likeness (QED) is 0.732. The summed E-state index contributed by atoms with van der Waals surface area (Å²) >= 11 is 3.35. The van der Waals surface area contributed by atoms with Crippen molar-refractivity contribution in [1.29, 1.82) is 0 Å². The van der Waals surface area contributed by atoms with Gasteiger partial charge in [0.1, 0.15) is 0 Å². The molecule has 20 heavy (non-hydrogen) atoms. The van der Waals surface area contributed by atoms with E-state index in [0.717, 1.165) is 24.0 Å². The molecule has 0 radical (unpaired) electrons. The second kappa shape index (κ2) is 7.54. The van der Waals surface area contributed by atoms with Crippen molar-refractivity contribution < 1.29 is 8.42 Å². The molecule has 4 nitrogen and oxygen atoms in total. The van der Waals surface area contributed by atoms with Gasteiger partial charge in [-0.05, 0) is 58.8 Å². The topological polar surface area (TPSA) is 72.2 Å². The molecule has 0 saturated heterocycles. The number of hydrogen-bond acceptors (Lipinski definition) is 3. The van der Waals surface area contributed by atoms with Crippen molar-refractivity contribution in [2.45, 2.75) is 45.1 Å². The number of nitrogens with one attached hydrogen (secondary N) is 1. The summed E-state index contributed by atoms with van der Waals surface area (Å²) in [4.78, 5) is 0.266. The molecule has 0 aliphatic carbocycles. The maximum Gasteiger partial charge on any atom is 0.241 e. The van der Waals surface area contributed by atoms with Crippen molar-refractivity contribution >= 4 is 26.0 Å². The molecule has 0 aromatic heterocycles. The number of hydrogen-bond donors (Lipinski definition) is 2. The minimum Gasteiger partial charge on any atom is -0.326 e. The monoisotopic (exact) mass is 362 g/mol. The Hall–Kier alpha value is -0.430. The molecule has 1 aromatic carbocycles. The van der Waals surface area contributed by atoms with E-state index in [9.17, 15) is 8.42 Å². The molecule has 0 saturated carbocycles. The average molecular weight is 363 g/mol. The summed E-state index contributed by atoms with van der Waals surface area (Å²) in [6.45, 7) is 6.89. The molecule has 0 atom stereocenters. The Morgan fingerprint density at radius 1 is 1.35 bits per heavy atom. The number of benzene rings is 1. The van der Waals surface area contributed by atoms with Gasteiger partial charge in [-0.15, -0.1) is 0 Å². The predicted molar refractivity (Wildman–Crippen MR) is 86.0 cm³/mol. The van der Waals surface area contributed by atoms with Gasteiger partial charge in [0.2, 0.25) is 10.0 Å². The summed E-state index contributed by atoms with van der Waals surface area (Å²) < 4.78 is 27.9. The van der Waals surface area contributed by atoms with E-state index < -0.39 is 10.0 Å². The van der Waals surface area contributed by atoms with Crippen molar-refractivity contribution in [3.05, 3.63) is 27.7 Å². The lowest BCUT2D eigenvalue weighted by atomic mass is 10.1. The Bertz CT molecular complexity index is 557. The van der Waals surface area contributed by atoms with Gasteiger partial charge < -0.3 is 5.73 Å². The van der Waals surface area contributed by atoms with Crippen LogP contribution in [0.2, 0.25) is 0 Å². The Morgan fingerprint density at radius 2 is 2.00 bits per heavy atom. The second-order valence-electron chi connectivity index (χ2n) is 5.36. The molecule has 0 aliphatic rings. The number of rotatable bonds is 7. The molecule has 0 aliphatic heterocycles. The fraction of sp³-hybridized carbons (Fsp3) is 0.571. The van der Waals surface area contributed by atoms with Crippen LogP contribution in [-0.2, 0) is 16.6 Å². The lowest BCUT2D eigenvalue weighted by Crippen LogP contribution is -2.25. The van der Waals surface area contributed by atoms with Gasteiger partial charge in [-0.1, -0.05) is 19.9 Å². The van der Waals surface area contributed by atoms with Crippen LogP contribution < -0.4 is 10.5 Å². The molecular formula is C14H23BrN2O2S. The zero-order valence-corrected chi connectivity index (χ0v) is 14.6. The molecule has 0 fully saturated rings. The van der Waals surface area contributed by atoms with Crippen LogP contribution in [0.15, 0.2) is 21.5 Å². The van der Waals surface area contributed by atoms with Crippen LogP contribution in [0.25, 0.3) is 0 Å². The number of nitrogens with two attached hydrogens (primary N) is 1. The first-order valence-corrected chi connectivity index (χ1v) is 9.04. The number of aryl methyl sites for hydroxylation is 1. The first kappa shape index (κ1) is 17.6. The van der Waals surface area contributed by atoms with E-state index in [0.29, 0.717) is 23.5 Å². The van der Waals surface area contributed by atoms with Crippen LogP contribution in [0, 0.1) is 12.8 Å². The third kappa shape index (κ3) is 4.84. The molecular weight excluding hydrogens is 340 g/mol. The molecule has 1 rings (SSSR count). The summed E-state index contributed by atoms with van der Waals surface area (Å²) in [5.41, 5.74) is 7.29. The summed E-state index contributed by atoms with van der Waals surface area (Å²) in [6.07, 6.45) is 1.84. The van der Waals surface area contributed by atoms with E-state index in [1.807, 2.05) is 13.0 Å². The SMILES string of the molecule is Cc1cc(CN)cc(S(=O)(=O)NCCCC(C)C)c1Br. The Balaban J connectivity index is 2.89. The fourth-order valence-corrected chi connectivity index (χ4v) is 4.06. The minimum absolute atomic E-state index is 0.266. The van der Waals surface area contributed by atoms with Gasteiger partial charge in [0.05, 0.1) is 4.90 Å². The zero-order chi connectivity index (χ0) is 15.3. The highest BCUT2D eigenvalue weighted by Gasteiger charge is 2.19. The molecule has 1 aromatic rings. The molecule has 6 heteroatoms. The third-order valence-electron chi connectivity index (χ3n) is 3.06. The third-order valence-corrected chi connectivity index (χ3v) is 5.86. The van der Waals surface area contributed by atoms with E-state index in [2.05, 4.69) is 34.5 Å². The standard InChI is InChI=1S/C14H23BrN2O2S/c1-10(2)5-4-6-17-20(18,19)13-8-12(9-16)7-11(3)14(13)15/h7-8,10,17H,4-6,9,16H2,1-3H3. The lowest BCUT2D eigenvalue weighted by Gasteiger charge is -2.12. The molecule has 3 N–H and O–H groups in total. The number of halogens is 1. The van der Waals surface area contributed by atoms with E-state index in [1.165, 1.54) is 0 Å². The Morgan fingerprint density at radius 3 is 2.55 bits per heavy atom. The highest BCUT2D eigenvalue weighted by Crippen LogP contribution is 2.27. The van der Waals surface area contributed by atoms with E-state index >= 15 is 0 Å². The maximum atomic E-state index is 12.3. The lowest BCUT2D eigenvalue weighted by molar-refractivity contribution is 0.539. The normalized spacial score (nSPS) is 12.1. The Labute approximate surface area is 130 Å². The van der Waals surface area contributed by atoms with Gasteiger partial charge in [0.25, 0.3) is 0 Å². The molecule has 0 unspecified atom stereocenters. The van der Waals surface area contributed by atoms with Crippen LogP contribution in [-0.4, -0.2) is 15.0 Å². The first-order valence-electron chi connectivity index (χ1n) is 6.76. The fourth-order valence-electron chi connectivity index (χ4n) is 1.92. The van der Waals surface area contributed by atoms with Crippen molar-refractivity contribution in [2.75, 3.05) is 6.54 Å². The molecule has 0 bridgehead atoms. The molecule has 0 amide bonds. The number of sulfonamides is 1. The van der Waals surface area contributed by atoms with Crippen LogP contribution in [0.3, 0.4) is 0 Å². The van der Waals surface area contributed by atoms with Crippen molar-refractivity contribution in [3.8, 4) is 0 Å². The van der Waals surface area contributed by atoms with E-state index in [4.69, 9.17) is 5.73 Å². The largest absolute Gasteiger partial charge is 0.326 e. The van der Waals surface area contributed by atoms with Crippen LogP contribution >= 0.6 is 15.9 Å². The maximum absolute atomic E-state index is 12.3.